The average Bonchev–Trinajstić information content (AvgIpc) is 2.82. The minimum atomic E-state index is -0.658. The zero-order chi connectivity index (χ0) is 21.8. The molecule has 0 fully saturated rings. The quantitative estimate of drug-likeness (QED) is 0.208. The van der Waals surface area contributed by atoms with Crippen molar-refractivity contribution >= 4 is 38.8 Å². The van der Waals surface area contributed by atoms with Crippen LogP contribution in [0.2, 0.25) is 0 Å². The van der Waals surface area contributed by atoms with Crippen molar-refractivity contribution in [3.05, 3.63) is 122 Å². The SMILES string of the molecule is O=c1oc2ccccc2c2c1C(c1ccccc1[N+](=O)[O-])c1c(ccc3ccccc13)N2. The molecule has 5 aromatic rings. The molecule has 0 radical (unpaired) electrons. The zero-order valence-electron chi connectivity index (χ0n) is 16.7. The van der Waals surface area contributed by atoms with Crippen molar-refractivity contribution in [1.29, 1.82) is 0 Å². The Kier molecular flexibility index (Phi) is 3.89. The Balaban J connectivity index is 1.79. The summed E-state index contributed by atoms with van der Waals surface area (Å²) in [6.45, 7) is 0. The molecule has 1 unspecified atom stereocenters. The summed E-state index contributed by atoms with van der Waals surface area (Å²) >= 11 is 0. The van der Waals surface area contributed by atoms with Crippen LogP contribution in [0, 0.1) is 10.1 Å². The molecule has 0 saturated heterocycles. The van der Waals surface area contributed by atoms with E-state index in [0.29, 0.717) is 22.4 Å². The lowest BCUT2D eigenvalue weighted by Crippen LogP contribution is -2.23. The van der Waals surface area contributed by atoms with Crippen LogP contribution in [0.4, 0.5) is 17.1 Å². The Hall–Kier alpha value is -4.45. The fourth-order valence-corrected chi connectivity index (χ4v) is 4.76. The second kappa shape index (κ2) is 6.78. The summed E-state index contributed by atoms with van der Waals surface area (Å²) in [4.78, 5) is 24.9. The van der Waals surface area contributed by atoms with E-state index in [1.54, 1.807) is 24.3 Å². The van der Waals surface area contributed by atoms with Crippen LogP contribution in [0.15, 0.2) is 94.1 Å². The largest absolute Gasteiger partial charge is 0.422 e. The molecule has 154 valence electrons. The van der Waals surface area contributed by atoms with E-state index in [-0.39, 0.29) is 5.69 Å². The fourth-order valence-electron chi connectivity index (χ4n) is 4.76. The molecule has 32 heavy (non-hydrogen) atoms. The number of fused-ring (bicyclic) bond motifs is 6. The van der Waals surface area contributed by atoms with Gasteiger partial charge in [0.05, 0.1) is 22.1 Å². The second-order valence-corrected chi connectivity index (χ2v) is 7.80. The Morgan fingerprint density at radius 3 is 2.38 bits per heavy atom. The van der Waals surface area contributed by atoms with Crippen molar-refractivity contribution in [2.24, 2.45) is 0 Å². The first-order valence-corrected chi connectivity index (χ1v) is 10.2. The van der Waals surface area contributed by atoms with Gasteiger partial charge in [-0.3, -0.25) is 10.1 Å². The van der Waals surface area contributed by atoms with Gasteiger partial charge in [-0.15, -0.1) is 0 Å². The van der Waals surface area contributed by atoms with Crippen LogP contribution < -0.4 is 10.9 Å². The van der Waals surface area contributed by atoms with Gasteiger partial charge in [-0.25, -0.2) is 4.79 Å². The summed E-state index contributed by atoms with van der Waals surface area (Å²) in [5.74, 6) is -0.658. The van der Waals surface area contributed by atoms with Crippen molar-refractivity contribution < 1.29 is 9.34 Å². The zero-order valence-corrected chi connectivity index (χ0v) is 16.7. The fraction of sp³-hybridized carbons (Fsp3) is 0.0385. The first kappa shape index (κ1) is 18.3. The van der Waals surface area contributed by atoms with Crippen LogP contribution in [0.5, 0.6) is 0 Å². The van der Waals surface area contributed by atoms with Gasteiger partial charge in [-0.2, -0.15) is 0 Å². The van der Waals surface area contributed by atoms with Crippen LogP contribution >= 0.6 is 0 Å². The lowest BCUT2D eigenvalue weighted by Gasteiger charge is -2.30. The van der Waals surface area contributed by atoms with Crippen molar-refractivity contribution in [3.63, 3.8) is 0 Å². The van der Waals surface area contributed by atoms with E-state index in [9.17, 15) is 14.9 Å². The van der Waals surface area contributed by atoms with E-state index in [1.165, 1.54) is 6.07 Å². The first-order valence-electron chi connectivity index (χ1n) is 10.2. The summed E-state index contributed by atoms with van der Waals surface area (Å²) < 4.78 is 5.67. The third-order valence-electron chi connectivity index (χ3n) is 6.10. The maximum atomic E-state index is 13.3. The van der Waals surface area contributed by atoms with Gasteiger partial charge in [-0.05, 0) is 34.5 Å². The number of nitro groups is 1. The molecule has 0 spiro atoms. The molecular formula is C26H16N2O4. The summed E-state index contributed by atoms with van der Waals surface area (Å²) in [5.41, 5.74) is 3.03. The van der Waals surface area contributed by atoms with Crippen LogP contribution in [0.3, 0.4) is 0 Å². The molecule has 2 heterocycles. The maximum Gasteiger partial charge on any atom is 0.342 e. The van der Waals surface area contributed by atoms with Crippen LogP contribution in [-0.2, 0) is 0 Å². The van der Waals surface area contributed by atoms with Gasteiger partial charge in [0.15, 0.2) is 0 Å². The predicted molar refractivity (Wildman–Crippen MR) is 124 cm³/mol. The number of nitrogens with one attached hydrogen (secondary N) is 1. The second-order valence-electron chi connectivity index (χ2n) is 7.80. The molecule has 6 rings (SSSR count). The van der Waals surface area contributed by atoms with Crippen molar-refractivity contribution in [3.8, 4) is 0 Å². The summed E-state index contributed by atoms with van der Waals surface area (Å²) in [6.07, 6.45) is 0. The summed E-state index contributed by atoms with van der Waals surface area (Å²) in [5, 5.41) is 18.0. The van der Waals surface area contributed by atoms with Gasteiger partial charge in [-0.1, -0.05) is 60.7 Å². The third-order valence-corrected chi connectivity index (χ3v) is 6.10. The lowest BCUT2D eigenvalue weighted by molar-refractivity contribution is -0.385. The van der Waals surface area contributed by atoms with E-state index in [2.05, 4.69) is 5.32 Å². The molecule has 0 amide bonds. The minimum absolute atomic E-state index is 0.0307. The minimum Gasteiger partial charge on any atom is -0.422 e. The molecule has 6 nitrogen and oxygen atoms in total. The number of hydrogen-bond donors (Lipinski definition) is 1. The Bertz CT molecular complexity index is 1620. The normalized spacial score (nSPS) is 14.6. The van der Waals surface area contributed by atoms with Crippen molar-refractivity contribution in [2.75, 3.05) is 5.32 Å². The van der Waals surface area contributed by atoms with Crippen molar-refractivity contribution in [2.45, 2.75) is 5.92 Å². The van der Waals surface area contributed by atoms with Crippen LogP contribution in [0.1, 0.15) is 22.6 Å². The standard InChI is InChI=1S/C26H16N2O4/c29-26-24-23(17-9-3-5-11-20(17)28(30)31)22-16-8-2-1-7-15(16)13-14-19(22)27-25(24)18-10-4-6-12-21(18)32-26/h1-14,23,27H. The molecule has 0 saturated carbocycles. The predicted octanol–water partition coefficient (Wildman–Crippen LogP) is 6.09. The van der Waals surface area contributed by atoms with Gasteiger partial charge >= 0.3 is 5.63 Å². The molecule has 0 bridgehead atoms. The molecule has 1 aromatic heterocycles. The van der Waals surface area contributed by atoms with E-state index in [0.717, 1.165) is 27.4 Å². The number of para-hydroxylation sites is 2. The van der Waals surface area contributed by atoms with E-state index < -0.39 is 16.5 Å². The van der Waals surface area contributed by atoms with E-state index in [1.807, 2.05) is 54.6 Å². The monoisotopic (exact) mass is 420 g/mol. The third kappa shape index (κ3) is 2.56. The lowest BCUT2D eigenvalue weighted by atomic mass is 9.78. The van der Waals surface area contributed by atoms with E-state index in [4.69, 9.17) is 4.42 Å². The summed E-state index contributed by atoms with van der Waals surface area (Å²) in [7, 11) is 0. The van der Waals surface area contributed by atoms with Gasteiger partial charge in [0.25, 0.3) is 5.69 Å². The Labute approximate surface area is 181 Å². The molecular weight excluding hydrogens is 404 g/mol. The van der Waals surface area contributed by atoms with Gasteiger partial charge < -0.3 is 9.73 Å². The van der Waals surface area contributed by atoms with Gasteiger partial charge in [0.1, 0.15) is 5.58 Å². The molecule has 1 aliphatic heterocycles. The highest BCUT2D eigenvalue weighted by Crippen LogP contribution is 2.49. The number of benzene rings is 4. The smallest absolute Gasteiger partial charge is 0.342 e. The maximum absolute atomic E-state index is 13.3. The van der Waals surface area contributed by atoms with E-state index >= 15 is 0 Å². The molecule has 1 aliphatic rings. The highest BCUT2D eigenvalue weighted by atomic mass is 16.6. The Morgan fingerprint density at radius 2 is 1.53 bits per heavy atom. The van der Waals surface area contributed by atoms with Crippen LogP contribution in [-0.4, -0.2) is 4.92 Å². The molecule has 0 aliphatic carbocycles. The van der Waals surface area contributed by atoms with Gasteiger partial charge in [0, 0.05) is 22.7 Å². The average molecular weight is 420 g/mol. The van der Waals surface area contributed by atoms with Crippen molar-refractivity contribution in [1.82, 2.24) is 0 Å². The number of anilines is 2. The molecule has 6 heteroatoms. The van der Waals surface area contributed by atoms with Crippen LogP contribution in [0.25, 0.3) is 21.7 Å². The highest BCUT2D eigenvalue weighted by Gasteiger charge is 2.36. The Morgan fingerprint density at radius 1 is 0.812 bits per heavy atom. The highest BCUT2D eigenvalue weighted by molar-refractivity contribution is 6.00. The van der Waals surface area contributed by atoms with Gasteiger partial charge in [0.2, 0.25) is 0 Å². The topological polar surface area (TPSA) is 85.4 Å². The molecule has 4 aromatic carbocycles. The molecule has 1 N–H and O–H groups in total. The number of nitrogens with zero attached hydrogens (tertiary/aromatic N) is 1. The number of nitro benzene ring substituents is 1. The number of hydrogen-bond acceptors (Lipinski definition) is 5. The summed E-state index contributed by atoms with van der Waals surface area (Å²) in [6, 6.07) is 25.7. The number of rotatable bonds is 2. The first-order chi connectivity index (χ1) is 15.6. The molecule has 1 atom stereocenters.